The van der Waals surface area contributed by atoms with Crippen LogP contribution < -0.4 is 9.62 Å². The first-order chi connectivity index (χ1) is 22.6. The van der Waals surface area contributed by atoms with Crippen molar-refractivity contribution in [3.8, 4) is 0 Å². The third kappa shape index (κ3) is 8.27. The Morgan fingerprint density at radius 2 is 1.47 bits per heavy atom. The van der Waals surface area contributed by atoms with E-state index in [0.29, 0.717) is 11.3 Å². The number of rotatable bonds is 12. The van der Waals surface area contributed by atoms with Gasteiger partial charge < -0.3 is 10.2 Å². The van der Waals surface area contributed by atoms with E-state index in [1.54, 1.807) is 48.5 Å². The Bertz CT molecular complexity index is 1780. The van der Waals surface area contributed by atoms with Crippen LogP contribution in [-0.4, -0.2) is 43.8 Å². The highest BCUT2D eigenvalue weighted by atomic mass is 32.2. The van der Waals surface area contributed by atoms with Gasteiger partial charge in [-0.1, -0.05) is 98.1 Å². The molecule has 4 aromatic carbocycles. The molecule has 1 atom stereocenters. The van der Waals surface area contributed by atoms with Gasteiger partial charge in [0.1, 0.15) is 18.4 Å². The number of carbonyl (C=O) groups excluding carboxylic acids is 2. The molecule has 0 bridgehead atoms. The van der Waals surface area contributed by atoms with Crippen molar-refractivity contribution in [2.75, 3.05) is 10.8 Å². The zero-order valence-electron chi connectivity index (χ0n) is 26.9. The number of amides is 2. The number of hydrogen-bond donors (Lipinski definition) is 1. The van der Waals surface area contributed by atoms with Crippen molar-refractivity contribution in [3.05, 3.63) is 131 Å². The van der Waals surface area contributed by atoms with Crippen LogP contribution in [0.15, 0.2) is 108 Å². The first kappa shape index (κ1) is 33.9. The Hall–Kier alpha value is -4.50. The highest BCUT2D eigenvalue weighted by Crippen LogP contribution is 2.29. The summed E-state index contributed by atoms with van der Waals surface area (Å²) >= 11 is 0. The van der Waals surface area contributed by atoms with Crippen molar-refractivity contribution in [2.45, 2.75) is 75.9 Å². The molecule has 0 aliphatic heterocycles. The van der Waals surface area contributed by atoms with Gasteiger partial charge in [-0.25, -0.2) is 12.8 Å². The Balaban J connectivity index is 1.59. The number of benzene rings is 4. The van der Waals surface area contributed by atoms with Gasteiger partial charge in [0.15, 0.2) is 0 Å². The van der Waals surface area contributed by atoms with Gasteiger partial charge in [0.2, 0.25) is 11.8 Å². The van der Waals surface area contributed by atoms with Gasteiger partial charge in [0, 0.05) is 24.6 Å². The molecule has 0 aromatic heterocycles. The minimum atomic E-state index is -4.22. The number of aryl methyl sites for hydroxylation is 1. The molecule has 0 radical (unpaired) electrons. The average Bonchev–Trinajstić information content (AvgIpc) is 3.08. The van der Waals surface area contributed by atoms with E-state index in [2.05, 4.69) is 5.32 Å². The first-order valence-corrected chi connectivity index (χ1v) is 17.6. The number of nitrogens with zero attached hydrogens (tertiary/aromatic N) is 2. The minimum Gasteiger partial charge on any atom is -0.352 e. The molecule has 4 aromatic rings. The Kier molecular flexibility index (Phi) is 11.1. The van der Waals surface area contributed by atoms with E-state index in [1.807, 2.05) is 50.2 Å². The van der Waals surface area contributed by atoms with Crippen molar-refractivity contribution in [3.63, 3.8) is 0 Å². The summed E-state index contributed by atoms with van der Waals surface area (Å²) in [5, 5.41) is 3.17. The second-order valence-corrected chi connectivity index (χ2v) is 14.1. The molecule has 1 aliphatic rings. The summed E-state index contributed by atoms with van der Waals surface area (Å²) in [5.41, 5.74) is 2.98. The quantitative estimate of drug-likeness (QED) is 0.184. The summed E-state index contributed by atoms with van der Waals surface area (Å²) in [6.45, 7) is 2.89. The molecule has 7 nitrogen and oxygen atoms in total. The molecule has 1 aliphatic carbocycles. The van der Waals surface area contributed by atoms with E-state index in [4.69, 9.17) is 0 Å². The topological polar surface area (TPSA) is 86.8 Å². The lowest BCUT2D eigenvalue weighted by atomic mass is 9.94. The van der Waals surface area contributed by atoms with Gasteiger partial charge in [0.05, 0.1) is 10.6 Å². The van der Waals surface area contributed by atoms with Crippen molar-refractivity contribution in [1.29, 1.82) is 0 Å². The number of carbonyl (C=O) groups is 2. The van der Waals surface area contributed by atoms with Crippen molar-refractivity contribution >= 4 is 27.5 Å². The van der Waals surface area contributed by atoms with Crippen molar-refractivity contribution in [1.82, 2.24) is 10.2 Å². The van der Waals surface area contributed by atoms with Crippen LogP contribution in [0.25, 0.3) is 0 Å². The molecule has 1 N–H and O–H groups in total. The van der Waals surface area contributed by atoms with Crippen LogP contribution in [-0.2, 0) is 32.6 Å². The lowest BCUT2D eigenvalue weighted by Crippen LogP contribution is -2.55. The van der Waals surface area contributed by atoms with E-state index in [9.17, 15) is 18.0 Å². The Labute approximate surface area is 277 Å². The number of hydrogen-bond acceptors (Lipinski definition) is 4. The molecule has 0 spiro atoms. The maximum absolute atomic E-state index is 15.2. The molecule has 5 rings (SSSR count). The molecule has 9 heteroatoms. The van der Waals surface area contributed by atoms with E-state index < -0.39 is 34.3 Å². The average molecular weight is 656 g/mol. The molecule has 0 saturated heterocycles. The van der Waals surface area contributed by atoms with E-state index >= 15 is 4.39 Å². The number of nitrogens with one attached hydrogen (secondary N) is 1. The number of sulfonamides is 1. The largest absolute Gasteiger partial charge is 0.352 e. The van der Waals surface area contributed by atoms with Crippen LogP contribution in [0.2, 0.25) is 0 Å². The summed E-state index contributed by atoms with van der Waals surface area (Å²) in [4.78, 5) is 30.2. The predicted octanol–water partition coefficient (Wildman–Crippen LogP) is 6.73. The van der Waals surface area contributed by atoms with Crippen LogP contribution in [0, 0.1) is 19.7 Å². The molecular weight excluding hydrogens is 614 g/mol. The van der Waals surface area contributed by atoms with Crippen LogP contribution in [0.1, 0.15) is 54.4 Å². The summed E-state index contributed by atoms with van der Waals surface area (Å²) in [6.07, 6.45) is 5.00. The fourth-order valence-electron chi connectivity index (χ4n) is 6.15. The lowest BCUT2D eigenvalue weighted by molar-refractivity contribution is -0.140. The standard InChI is InChI=1S/C38H42FN3O4S/c1-28-15-14-24-35(29(28)2)42(47(45,46)33-21-10-5-11-22-33)27-37(43)41(26-31-18-12-13-23-34(31)39)36(25-30-16-6-3-7-17-30)38(44)40-32-19-8-4-9-20-32/h3,5-7,10-18,21-24,32,36H,4,8-9,19-20,25-27H2,1-2H3,(H,40,44)/t36-/m1/s1. The van der Waals surface area contributed by atoms with Crippen LogP contribution in [0.4, 0.5) is 10.1 Å². The van der Waals surface area contributed by atoms with Gasteiger partial charge in [0.25, 0.3) is 10.0 Å². The smallest absolute Gasteiger partial charge is 0.264 e. The molecular formula is C38H42FN3O4S. The second-order valence-electron chi connectivity index (χ2n) is 12.2. The molecule has 2 amide bonds. The number of halogens is 1. The van der Waals surface area contributed by atoms with E-state index in [0.717, 1.165) is 47.5 Å². The van der Waals surface area contributed by atoms with Gasteiger partial charge in [-0.15, -0.1) is 0 Å². The van der Waals surface area contributed by atoms with Crippen LogP contribution in [0.5, 0.6) is 0 Å². The summed E-state index contributed by atoms with van der Waals surface area (Å²) < 4.78 is 44.8. The van der Waals surface area contributed by atoms with Crippen LogP contribution in [0.3, 0.4) is 0 Å². The zero-order valence-corrected chi connectivity index (χ0v) is 27.8. The first-order valence-electron chi connectivity index (χ1n) is 16.2. The second kappa shape index (κ2) is 15.4. The summed E-state index contributed by atoms with van der Waals surface area (Å²) in [5.74, 6) is -1.47. The Morgan fingerprint density at radius 1 is 0.830 bits per heavy atom. The van der Waals surface area contributed by atoms with Crippen molar-refractivity contribution < 1.29 is 22.4 Å². The van der Waals surface area contributed by atoms with Gasteiger partial charge in [-0.3, -0.25) is 13.9 Å². The fraction of sp³-hybridized carbons (Fsp3) is 0.316. The molecule has 47 heavy (non-hydrogen) atoms. The highest BCUT2D eigenvalue weighted by molar-refractivity contribution is 7.92. The van der Waals surface area contributed by atoms with Crippen molar-refractivity contribution in [2.24, 2.45) is 0 Å². The maximum atomic E-state index is 15.2. The monoisotopic (exact) mass is 655 g/mol. The summed E-state index contributed by atoms with van der Waals surface area (Å²) in [6, 6.07) is 27.7. The SMILES string of the molecule is Cc1cccc(N(CC(=O)N(Cc2ccccc2F)[C@H](Cc2ccccc2)C(=O)NC2CCCCC2)S(=O)(=O)c2ccccc2)c1C. The lowest BCUT2D eigenvalue weighted by Gasteiger charge is -2.35. The minimum absolute atomic E-state index is 0.0233. The van der Waals surface area contributed by atoms with Gasteiger partial charge in [-0.2, -0.15) is 0 Å². The molecule has 1 saturated carbocycles. The maximum Gasteiger partial charge on any atom is 0.264 e. The fourth-order valence-corrected chi connectivity index (χ4v) is 7.64. The van der Waals surface area contributed by atoms with E-state index in [-0.39, 0.29) is 35.4 Å². The van der Waals surface area contributed by atoms with E-state index in [1.165, 1.54) is 23.1 Å². The third-order valence-electron chi connectivity index (χ3n) is 8.98. The predicted molar refractivity (Wildman–Crippen MR) is 183 cm³/mol. The van der Waals surface area contributed by atoms with Crippen LogP contribution >= 0.6 is 0 Å². The summed E-state index contributed by atoms with van der Waals surface area (Å²) in [7, 11) is -4.22. The number of anilines is 1. The third-order valence-corrected chi connectivity index (χ3v) is 10.7. The molecule has 246 valence electrons. The van der Waals surface area contributed by atoms with Gasteiger partial charge >= 0.3 is 0 Å². The highest BCUT2D eigenvalue weighted by Gasteiger charge is 2.36. The normalized spacial score (nSPS) is 14.3. The molecule has 0 heterocycles. The molecule has 1 fully saturated rings. The van der Waals surface area contributed by atoms with Gasteiger partial charge in [-0.05, 0) is 67.6 Å². The molecule has 0 unspecified atom stereocenters. The zero-order chi connectivity index (χ0) is 33.4. The Morgan fingerprint density at radius 3 is 2.15 bits per heavy atom.